The van der Waals surface area contributed by atoms with Crippen LogP contribution in [0.3, 0.4) is 0 Å². The van der Waals surface area contributed by atoms with Crippen LogP contribution in [-0.4, -0.2) is 24.6 Å². The molecule has 1 radical (unpaired) electrons. The number of nitrogens with one attached hydrogen (secondary N) is 2. The summed E-state index contributed by atoms with van der Waals surface area (Å²) >= 11 is 0. The second kappa shape index (κ2) is 4.43. The van der Waals surface area contributed by atoms with Crippen molar-refractivity contribution in [3.63, 3.8) is 0 Å². The van der Waals surface area contributed by atoms with Gasteiger partial charge in [-0.15, -0.1) is 0 Å². The lowest BCUT2D eigenvalue weighted by Gasteiger charge is -1.86. The van der Waals surface area contributed by atoms with Crippen molar-refractivity contribution in [1.82, 2.24) is 5.32 Å². The third kappa shape index (κ3) is 3.43. The summed E-state index contributed by atoms with van der Waals surface area (Å²) in [4.78, 5) is 0. The summed E-state index contributed by atoms with van der Waals surface area (Å²) in [5.41, 5.74) is 0. The molecule has 0 rings (SSSR count). The summed E-state index contributed by atoms with van der Waals surface area (Å²) in [6.45, 7) is 0.482. The Morgan fingerprint density at radius 2 is 2.50 bits per heavy atom. The first-order valence-corrected chi connectivity index (χ1v) is 1.67. The van der Waals surface area contributed by atoms with Crippen LogP contribution in [0.4, 0.5) is 0 Å². The van der Waals surface area contributed by atoms with E-state index in [4.69, 9.17) is 10.5 Å². The van der Waals surface area contributed by atoms with Crippen molar-refractivity contribution in [2.45, 2.75) is 0 Å². The van der Waals surface area contributed by atoms with Gasteiger partial charge in [0.25, 0.3) is 0 Å². The van der Waals surface area contributed by atoms with E-state index in [1.165, 1.54) is 0 Å². The predicted molar refractivity (Wildman–Crippen MR) is 22.8 cm³/mol. The monoisotopic (exact) mass is 87.1 g/mol. The average Bonchev–Trinajstić information content (AvgIpc) is 1.61. The minimum atomic E-state index is 0.0614. The van der Waals surface area contributed by atoms with Crippen LogP contribution >= 0.6 is 0 Å². The van der Waals surface area contributed by atoms with Gasteiger partial charge in [-0.1, -0.05) is 0 Å². The number of hydrogen-bond donors (Lipinski definition) is 3. The smallest absolute Gasteiger partial charge is 0.161 e. The molecule has 0 aromatic carbocycles. The van der Waals surface area contributed by atoms with E-state index in [1.807, 2.05) is 6.34 Å². The van der Waals surface area contributed by atoms with Gasteiger partial charge < -0.3 is 10.4 Å². The molecule has 0 unspecified atom stereocenters. The van der Waals surface area contributed by atoms with E-state index < -0.39 is 0 Å². The molecule has 0 atom stereocenters. The summed E-state index contributed by atoms with van der Waals surface area (Å²) in [5, 5.41) is 16.6. The minimum Gasteiger partial charge on any atom is -0.395 e. The van der Waals surface area contributed by atoms with Gasteiger partial charge in [-0.25, -0.2) is 0 Å². The van der Waals surface area contributed by atoms with Crippen LogP contribution in [0.15, 0.2) is 0 Å². The van der Waals surface area contributed by atoms with Crippen LogP contribution in [0, 0.1) is 5.41 Å². The molecule has 0 aliphatic heterocycles. The third-order valence-corrected chi connectivity index (χ3v) is 0.325. The van der Waals surface area contributed by atoms with Crippen molar-refractivity contribution in [3.8, 4) is 0 Å². The first-order valence-electron chi connectivity index (χ1n) is 1.67. The Labute approximate surface area is 36.5 Å². The SMILES string of the molecule is N=[C]NCCO. The zero-order valence-corrected chi connectivity index (χ0v) is 3.36. The van der Waals surface area contributed by atoms with Crippen molar-refractivity contribution in [3.05, 3.63) is 0 Å². The van der Waals surface area contributed by atoms with Crippen LogP contribution in [-0.2, 0) is 0 Å². The molecule has 3 nitrogen and oxygen atoms in total. The second-order valence-electron chi connectivity index (χ2n) is 0.775. The predicted octanol–water partition coefficient (Wildman–Crippen LogP) is -0.948. The first-order chi connectivity index (χ1) is 2.91. The summed E-state index contributed by atoms with van der Waals surface area (Å²) in [5.74, 6) is 0. The van der Waals surface area contributed by atoms with Crippen molar-refractivity contribution in [1.29, 1.82) is 5.41 Å². The van der Waals surface area contributed by atoms with Gasteiger partial charge in [0.2, 0.25) is 0 Å². The number of rotatable bonds is 3. The molecule has 0 aromatic rings. The van der Waals surface area contributed by atoms with Crippen LogP contribution < -0.4 is 5.32 Å². The fourth-order valence-electron chi connectivity index (χ4n) is 0.118. The Bertz CT molecular complexity index is 37.8. The lowest BCUT2D eigenvalue weighted by atomic mass is 10.7. The second-order valence-corrected chi connectivity index (χ2v) is 0.775. The van der Waals surface area contributed by atoms with Gasteiger partial charge in [0.1, 0.15) is 0 Å². The van der Waals surface area contributed by atoms with Gasteiger partial charge in [0.05, 0.1) is 6.61 Å². The molecule has 0 aliphatic rings. The maximum Gasteiger partial charge on any atom is 0.161 e. The molecule has 0 aromatic heterocycles. The highest BCUT2D eigenvalue weighted by Gasteiger charge is 1.69. The summed E-state index contributed by atoms with van der Waals surface area (Å²) in [6, 6.07) is 0. The lowest BCUT2D eigenvalue weighted by Crippen LogP contribution is -2.14. The fraction of sp³-hybridized carbons (Fsp3) is 0.667. The van der Waals surface area contributed by atoms with Crippen molar-refractivity contribution >= 4 is 6.34 Å². The zero-order chi connectivity index (χ0) is 4.83. The number of aliphatic hydroxyl groups is 1. The first kappa shape index (κ1) is 5.43. The molecule has 0 heterocycles. The zero-order valence-electron chi connectivity index (χ0n) is 3.36. The average molecular weight is 87.1 g/mol. The van der Waals surface area contributed by atoms with Gasteiger partial charge in [0, 0.05) is 6.54 Å². The van der Waals surface area contributed by atoms with Crippen LogP contribution in [0.25, 0.3) is 0 Å². The van der Waals surface area contributed by atoms with Crippen LogP contribution in [0.5, 0.6) is 0 Å². The van der Waals surface area contributed by atoms with Gasteiger partial charge in [-0.05, 0) is 0 Å². The molecule has 6 heavy (non-hydrogen) atoms. The highest BCUT2D eigenvalue weighted by atomic mass is 16.3. The quantitative estimate of drug-likeness (QED) is 0.180. The number of hydrogen-bond acceptors (Lipinski definition) is 2. The van der Waals surface area contributed by atoms with Crippen molar-refractivity contribution < 1.29 is 5.11 Å². The molecular weight excluding hydrogens is 80.0 g/mol. The summed E-state index contributed by atoms with van der Waals surface area (Å²) < 4.78 is 0. The third-order valence-electron chi connectivity index (χ3n) is 0.325. The van der Waals surface area contributed by atoms with Gasteiger partial charge in [-0.3, -0.25) is 5.41 Å². The highest BCUT2D eigenvalue weighted by molar-refractivity contribution is 5.49. The van der Waals surface area contributed by atoms with Gasteiger partial charge in [0.15, 0.2) is 6.34 Å². The topological polar surface area (TPSA) is 56.1 Å². The number of aliphatic hydroxyl groups excluding tert-OH is 1. The Morgan fingerprint density at radius 1 is 1.83 bits per heavy atom. The Hall–Kier alpha value is -0.570. The molecule has 0 saturated heterocycles. The van der Waals surface area contributed by atoms with Crippen LogP contribution in [0.2, 0.25) is 0 Å². The Morgan fingerprint density at radius 3 is 2.67 bits per heavy atom. The summed E-state index contributed by atoms with van der Waals surface area (Å²) in [6.07, 6.45) is 1.91. The molecule has 0 fully saturated rings. The van der Waals surface area contributed by atoms with Gasteiger partial charge >= 0.3 is 0 Å². The normalized spacial score (nSPS) is 7.50. The van der Waals surface area contributed by atoms with Crippen molar-refractivity contribution in [2.75, 3.05) is 13.2 Å². The van der Waals surface area contributed by atoms with Crippen molar-refractivity contribution in [2.24, 2.45) is 0 Å². The molecular formula is C3H7N2O. The van der Waals surface area contributed by atoms with E-state index in [9.17, 15) is 0 Å². The maximum absolute atomic E-state index is 8.01. The molecule has 3 N–H and O–H groups in total. The standard InChI is InChI=1S/C3H7N2O/c4-3-5-1-2-6/h6H,1-2H2,(H2,4,5). The van der Waals surface area contributed by atoms with E-state index in [1.54, 1.807) is 0 Å². The molecule has 0 spiro atoms. The van der Waals surface area contributed by atoms with E-state index in [2.05, 4.69) is 5.32 Å². The van der Waals surface area contributed by atoms with E-state index in [-0.39, 0.29) is 6.61 Å². The largest absolute Gasteiger partial charge is 0.395 e. The molecule has 0 saturated carbocycles. The van der Waals surface area contributed by atoms with E-state index in [0.717, 1.165) is 0 Å². The Kier molecular flexibility index (Phi) is 4.01. The van der Waals surface area contributed by atoms with E-state index >= 15 is 0 Å². The molecule has 3 heteroatoms. The fourth-order valence-corrected chi connectivity index (χ4v) is 0.118. The Balaban J connectivity index is 2.49. The summed E-state index contributed by atoms with van der Waals surface area (Å²) in [7, 11) is 0. The highest BCUT2D eigenvalue weighted by Crippen LogP contribution is 1.44. The molecule has 0 aliphatic carbocycles. The lowest BCUT2D eigenvalue weighted by molar-refractivity contribution is 0.301. The van der Waals surface area contributed by atoms with Crippen LogP contribution in [0.1, 0.15) is 0 Å². The molecule has 35 valence electrons. The maximum atomic E-state index is 8.01. The van der Waals surface area contributed by atoms with E-state index in [0.29, 0.717) is 6.54 Å². The molecule has 0 amide bonds. The minimum absolute atomic E-state index is 0.0614. The molecule has 0 bridgehead atoms. The van der Waals surface area contributed by atoms with Gasteiger partial charge in [-0.2, -0.15) is 0 Å².